The summed E-state index contributed by atoms with van der Waals surface area (Å²) in [6.07, 6.45) is 5.36. The molecular weight excluding hydrogens is 262 g/mol. The lowest BCUT2D eigenvalue weighted by Crippen LogP contribution is -2.07. The molecule has 0 atom stereocenters. The smallest absolute Gasteiger partial charge is 0.266 e. The molecule has 0 bridgehead atoms. The van der Waals surface area contributed by atoms with Crippen molar-refractivity contribution >= 4 is 10.1 Å². The Morgan fingerprint density at radius 3 is 2.58 bits per heavy atom. The summed E-state index contributed by atoms with van der Waals surface area (Å²) in [4.78, 5) is 0.183. The molecule has 0 radical (unpaired) electrons. The van der Waals surface area contributed by atoms with Crippen LogP contribution in [0.5, 0.6) is 0 Å². The van der Waals surface area contributed by atoms with Crippen molar-refractivity contribution in [3.8, 4) is 6.07 Å². The van der Waals surface area contributed by atoms with E-state index in [2.05, 4.69) is 0 Å². The molecule has 0 saturated carbocycles. The van der Waals surface area contributed by atoms with Gasteiger partial charge in [-0.3, -0.25) is 4.18 Å². The topological polar surface area (TPSA) is 67.2 Å². The maximum Gasteiger partial charge on any atom is 0.296 e. The van der Waals surface area contributed by atoms with Crippen molar-refractivity contribution in [2.45, 2.75) is 31.1 Å². The van der Waals surface area contributed by atoms with E-state index in [9.17, 15) is 8.42 Å². The Hall–Kier alpha value is -1.64. The maximum absolute atomic E-state index is 11.8. The summed E-state index contributed by atoms with van der Waals surface area (Å²) < 4.78 is 28.5. The first-order valence-electron chi connectivity index (χ1n) is 6.07. The van der Waals surface area contributed by atoms with Gasteiger partial charge in [-0.05, 0) is 38.3 Å². The number of allylic oxidation sites excluding steroid dienone is 2. The highest BCUT2D eigenvalue weighted by Gasteiger charge is 2.13. The zero-order valence-corrected chi connectivity index (χ0v) is 11.7. The van der Waals surface area contributed by atoms with Gasteiger partial charge >= 0.3 is 0 Å². The fourth-order valence-corrected chi connectivity index (χ4v) is 2.38. The number of unbranched alkanes of at least 4 members (excludes halogenated alkanes) is 2. The van der Waals surface area contributed by atoms with E-state index >= 15 is 0 Å². The molecule has 0 heterocycles. The Balaban J connectivity index is 2.38. The second kappa shape index (κ2) is 7.72. The molecule has 0 aliphatic carbocycles. The van der Waals surface area contributed by atoms with Gasteiger partial charge in [-0.1, -0.05) is 23.8 Å². The van der Waals surface area contributed by atoms with Crippen LogP contribution < -0.4 is 0 Å². The minimum absolute atomic E-state index is 0.163. The summed E-state index contributed by atoms with van der Waals surface area (Å²) in [7, 11) is -3.64. The molecule has 1 aromatic carbocycles. The summed E-state index contributed by atoms with van der Waals surface area (Å²) in [5.74, 6) is 0. The van der Waals surface area contributed by atoms with E-state index in [1.165, 1.54) is 6.08 Å². The zero-order chi connectivity index (χ0) is 14.1. The van der Waals surface area contributed by atoms with Gasteiger partial charge in [0, 0.05) is 6.08 Å². The van der Waals surface area contributed by atoms with Gasteiger partial charge in [0.25, 0.3) is 10.1 Å². The van der Waals surface area contributed by atoms with Crippen LogP contribution in [0.2, 0.25) is 0 Å². The Labute approximate surface area is 114 Å². The van der Waals surface area contributed by atoms with E-state index in [0.717, 1.165) is 18.4 Å². The lowest BCUT2D eigenvalue weighted by atomic mass is 10.2. The summed E-state index contributed by atoms with van der Waals surface area (Å²) in [5, 5.41) is 8.28. The lowest BCUT2D eigenvalue weighted by Gasteiger charge is -2.05. The van der Waals surface area contributed by atoms with Crippen molar-refractivity contribution in [1.29, 1.82) is 5.26 Å². The van der Waals surface area contributed by atoms with Crippen LogP contribution in [0.3, 0.4) is 0 Å². The number of hydrogen-bond donors (Lipinski definition) is 0. The molecule has 0 unspecified atom stereocenters. The first-order valence-corrected chi connectivity index (χ1v) is 7.48. The van der Waals surface area contributed by atoms with Crippen LogP contribution in [0, 0.1) is 18.3 Å². The van der Waals surface area contributed by atoms with Crippen LogP contribution in [0.25, 0.3) is 0 Å². The van der Waals surface area contributed by atoms with Gasteiger partial charge in [0.1, 0.15) is 0 Å². The van der Waals surface area contributed by atoms with E-state index in [1.54, 1.807) is 30.3 Å². The predicted molar refractivity (Wildman–Crippen MR) is 72.9 cm³/mol. The highest BCUT2D eigenvalue weighted by atomic mass is 32.2. The Kier molecular flexibility index (Phi) is 6.26. The molecule has 4 nitrogen and oxygen atoms in total. The van der Waals surface area contributed by atoms with Gasteiger partial charge in [-0.2, -0.15) is 13.7 Å². The van der Waals surface area contributed by atoms with E-state index < -0.39 is 10.1 Å². The van der Waals surface area contributed by atoms with Crippen molar-refractivity contribution < 1.29 is 12.6 Å². The van der Waals surface area contributed by atoms with Gasteiger partial charge < -0.3 is 0 Å². The molecule has 19 heavy (non-hydrogen) atoms. The molecule has 0 fully saturated rings. The average Bonchev–Trinajstić information content (AvgIpc) is 2.38. The van der Waals surface area contributed by atoms with Gasteiger partial charge in [0.2, 0.25) is 0 Å². The molecule has 0 N–H and O–H groups in total. The Bertz CT molecular complexity index is 553. The van der Waals surface area contributed by atoms with Gasteiger partial charge in [-0.15, -0.1) is 0 Å². The quantitative estimate of drug-likeness (QED) is 0.437. The zero-order valence-electron chi connectivity index (χ0n) is 10.9. The molecule has 1 aromatic rings. The summed E-state index contributed by atoms with van der Waals surface area (Å²) in [6.45, 7) is 2.06. The molecule has 0 aromatic heterocycles. The molecule has 0 aliphatic rings. The molecule has 102 valence electrons. The fraction of sp³-hybridized carbons (Fsp3) is 0.357. The monoisotopic (exact) mass is 279 g/mol. The van der Waals surface area contributed by atoms with E-state index in [0.29, 0.717) is 6.42 Å². The number of nitrogens with zero attached hydrogens (tertiary/aromatic N) is 1. The summed E-state index contributed by atoms with van der Waals surface area (Å²) >= 11 is 0. The normalized spacial score (nSPS) is 11.6. The number of rotatable bonds is 7. The van der Waals surface area contributed by atoms with Crippen LogP contribution in [0.15, 0.2) is 41.3 Å². The standard InChI is InChI=1S/C14H17NO3S/c1-13-7-9-14(10-8-13)19(16,17)18-12-6-4-2-3-5-11-15/h3,5,7-10H,2,4,6,12H2,1H3/b5-3+. The van der Waals surface area contributed by atoms with Crippen molar-refractivity contribution in [2.75, 3.05) is 6.61 Å². The molecular formula is C14H17NO3S. The number of aryl methyl sites for hydroxylation is 1. The minimum atomic E-state index is -3.64. The number of hydrogen-bond acceptors (Lipinski definition) is 4. The highest BCUT2D eigenvalue weighted by molar-refractivity contribution is 7.86. The summed E-state index contributed by atoms with van der Waals surface area (Å²) in [6, 6.07) is 8.46. The van der Waals surface area contributed by atoms with Gasteiger partial charge in [-0.25, -0.2) is 0 Å². The molecule has 0 aliphatic heterocycles. The predicted octanol–water partition coefficient (Wildman–Crippen LogP) is 2.95. The Morgan fingerprint density at radius 1 is 1.26 bits per heavy atom. The van der Waals surface area contributed by atoms with Crippen molar-refractivity contribution in [3.63, 3.8) is 0 Å². The highest BCUT2D eigenvalue weighted by Crippen LogP contribution is 2.13. The van der Waals surface area contributed by atoms with E-state index in [4.69, 9.17) is 9.44 Å². The SMILES string of the molecule is Cc1ccc(S(=O)(=O)OCCCC/C=C/C#N)cc1. The third kappa shape index (κ3) is 5.69. The van der Waals surface area contributed by atoms with Gasteiger partial charge in [0.15, 0.2) is 0 Å². The maximum atomic E-state index is 11.8. The van der Waals surface area contributed by atoms with Crippen LogP contribution in [-0.2, 0) is 14.3 Å². The largest absolute Gasteiger partial charge is 0.296 e. The number of nitriles is 1. The van der Waals surface area contributed by atoms with Crippen molar-refractivity contribution in [1.82, 2.24) is 0 Å². The fourth-order valence-electron chi connectivity index (χ4n) is 1.44. The molecule has 0 saturated heterocycles. The first-order chi connectivity index (χ1) is 9.06. The van der Waals surface area contributed by atoms with Crippen molar-refractivity contribution in [2.24, 2.45) is 0 Å². The van der Waals surface area contributed by atoms with Gasteiger partial charge in [0.05, 0.1) is 17.6 Å². The minimum Gasteiger partial charge on any atom is -0.266 e. The molecule has 5 heteroatoms. The third-order valence-corrected chi connectivity index (χ3v) is 3.83. The van der Waals surface area contributed by atoms with Crippen molar-refractivity contribution in [3.05, 3.63) is 42.0 Å². The van der Waals surface area contributed by atoms with Crippen LogP contribution in [0.1, 0.15) is 24.8 Å². The lowest BCUT2D eigenvalue weighted by molar-refractivity contribution is 0.309. The second-order valence-corrected chi connectivity index (χ2v) is 5.73. The third-order valence-electron chi connectivity index (χ3n) is 2.51. The number of benzene rings is 1. The first kappa shape index (κ1) is 15.4. The summed E-state index contributed by atoms with van der Waals surface area (Å²) in [5.41, 5.74) is 1.00. The molecule has 0 amide bonds. The second-order valence-electron chi connectivity index (χ2n) is 4.12. The van der Waals surface area contributed by atoms with E-state index in [-0.39, 0.29) is 11.5 Å². The van der Waals surface area contributed by atoms with Crippen LogP contribution >= 0.6 is 0 Å². The Morgan fingerprint density at radius 2 is 1.95 bits per heavy atom. The van der Waals surface area contributed by atoms with E-state index in [1.807, 2.05) is 13.0 Å². The average molecular weight is 279 g/mol. The van der Waals surface area contributed by atoms with Crippen LogP contribution in [-0.4, -0.2) is 15.0 Å². The molecule has 1 rings (SSSR count). The molecule has 0 spiro atoms. The van der Waals surface area contributed by atoms with Crippen LogP contribution in [0.4, 0.5) is 0 Å².